The molecule has 1 N–H and O–H groups in total. The molecule has 2 aromatic carbocycles. The molecule has 148 valence electrons. The first-order chi connectivity index (χ1) is 13.2. The number of benzene rings is 2. The van der Waals surface area contributed by atoms with Crippen LogP contribution < -0.4 is 0 Å². The minimum atomic E-state index is -0.733. The summed E-state index contributed by atoms with van der Waals surface area (Å²) in [6.45, 7) is 2.26. The third-order valence-electron chi connectivity index (χ3n) is 5.11. The number of thioether (sulfide) groups is 1. The first-order valence-corrected chi connectivity index (χ1v) is 11.6. The standard InChI is InChI=1S/C24H34O2S/c1-2-3-4-5-6-7-8-9-10-13-19-27-23(24(25)26)22-18-14-16-20-15-11-12-17-21(20)22/h11-12,14-18,23H,2-10,13,19H2,1H3,(H,25,26). The van der Waals surface area contributed by atoms with Crippen LogP contribution in [0.3, 0.4) is 0 Å². The molecule has 0 aliphatic heterocycles. The molecule has 2 rings (SSSR count). The second-order valence-electron chi connectivity index (χ2n) is 7.34. The summed E-state index contributed by atoms with van der Waals surface area (Å²) in [5.41, 5.74) is 0.928. The van der Waals surface area contributed by atoms with Crippen LogP contribution in [-0.4, -0.2) is 16.8 Å². The van der Waals surface area contributed by atoms with Gasteiger partial charge in [0.1, 0.15) is 5.25 Å². The zero-order chi connectivity index (χ0) is 19.3. The predicted octanol–water partition coefficient (Wildman–Crippen LogP) is 7.62. The van der Waals surface area contributed by atoms with E-state index in [1.807, 2.05) is 42.5 Å². The van der Waals surface area contributed by atoms with Gasteiger partial charge in [0.2, 0.25) is 0 Å². The maximum Gasteiger partial charge on any atom is 0.321 e. The lowest BCUT2D eigenvalue weighted by atomic mass is 10.0. The van der Waals surface area contributed by atoms with Gasteiger partial charge in [0.25, 0.3) is 0 Å². The van der Waals surface area contributed by atoms with Crippen LogP contribution in [0.2, 0.25) is 0 Å². The fraction of sp³-hybridized carbons (Fsp3) is 0.542. The van der Waals surface area contributed by atoms with Crippen LogP contribution in [0.1, 0.15) is 81.9 Å². The normalized spacial score (nSPS) is 12.3. The van der Waals surface area contributed by atoms with Gasteiger partial charge in [-0.3, -0.25) is 4.79 Å². The van der Waals surface area contributed by atoms with Crippen molar-refractivity contribution in [2.45, 2.75) is 76.4 Å². The van der Waals surface area contributed by atoms with Crippen LogP contribution in [0.4, 0.5) is 0 Å². The van der Waals surface area contributed by atoms with Gasteiger partial charge in [0.15, 0.2) is 0 Å². The molecule has 0 amide bonds. The fourth-order valence-corrected chi connectivity index (χ4v) is 4.70. The van der Waals surface area contributed by atoms with E-state index in [4.69, 9.17) is 0 Å². The van der Waals surface area contributed by atoms with Gasteiger partial charge in [-0.25, -0.2) is 0 Å². The summed E-state index contributed by atoms with van der Waals surface area (Å²) in [5, 5.41) is 11.4. The third-order valence-corrected chi connectivity index (χ3v) is 6.43. The number of carboxylic acids is 1. The van der Waals surface area contributed by atoms with Crippen molar-refractivity contribution in [1.82, 2.24) is 0 Å². The molecule has 0 aromatic heterocycles. The molecule has 27 heavy (non-hydrogen) atoms. The lowest BCUT2D eigenvalue weighted by Crippen LogP contribution is -2.09. The van der Waals surface area contributed by atoms with E-state index in [1.54, 1.807) is 11.8 Å². The number of hydrogen-bond donors (Lipinski definition) is 1. The van der Waals surface area contributed by atoms with Crippen molar-refractivity contribution in [1.29, 1.82) is 0 Å². The first kappa shape index (κ1) is 21.8. The van der Waals surface area contributed by atoms with Gasteiger partial charge in [-0.2, -0.15) is 0 Å². The van der Waals surface area contributed by atoms with E-state index in [9.17, 15) is 9.90 Å². The van der Waals surface area contributed by atoms with Crippen LogP contribution >= 0.6 is 11.8 Å². The molecule has 1 unspecified atom stereocenters. The van der Waals surface area contributed by atoms with Crippen molar-refractivity contribution in [2.75, 3.05) is 5.75 Å². The number of fused-ring (bicyclic) bond motifs is 1. The number of aliphatic carboxylic acids is 1. The molecule has 0 bridgehead atoms. The Morgan fingerprint density at radius 3 is 2.11 bits per heavy atom. The van der Waals surface area contributed by atoms with E-state index in [0.29, 0.717) is 0 Å². The Hall–Kier alpha value is -1.48. The van der Waals surface area contributed by atoms with E-state index in [-0.39, 0.29) is 0 Å². The molecule has 1 atom stereocenters. The maximum atomic E-state index is 11.8. The molecule has 2 nitrogen and oxygen atoms in total. The molecule has 0 aliphatic carbocycles. The monoisotopic (exact) mass is 386 g/mol. The van der Waals surface area contributed by atoms with Gasteiger partial charge in [-0.1, -0.05) is 107 Å². The second kappa shape index (κ2) is 12.8. The van der Waals surface area contributed by atoms with E-state index >= 15 is 0 Å². The number of carbonyl (C=O) groups is 1. The highest BCUT2D eigenvalue weighted by atomic mass is 32.2. The fourth-order valence-electron chi connectivity index (χ4n) is 3.56. The van der Waals surface area contributed by atoms with Gasteiger partial charge >= 0.3 is 5.97 Å². The summed E-state index contributed by atoms with van der Waals surface area (Å²) in [5.74, 6) is 0.180. The van der Waals surface area contributed by atoms with Crippen molar-refractivity contribution in [2.24, 2.45) is 0 Å². The van der Waals surface area contributed by atoms with Crippen LogP contribution in [-0.2, 0) is 4.79 Å². The molecule has 2 aromatic rings. The van der Waals surface area contributed by atoms with E-state index in [1.165, 1.54) is 57.8 Å². The summed E-state index contributed by atoms with van der Waals surface area (Å²) in [4.78, 5) is 11.8. The molecule has 0 heterocycles. The van der Waals surface area contributed by atoms with E-state index < -0.39 is 11.2 Å². The van der Waals surface area contributed by atoms with E-state index in [2.05, 4.69) is 6.92 Å². The summed E-state index contributed by atoms with van der Waals surface area (Å²) in [7, 11) is 0. The Kier molecular flexibility index (Phi) is 10.4. The van der Waals surface area contributed by atoms with Crippen LogP contribution in [0.25, 0.3) is 10.8 Å². The number of hydrogen-bond acceptors (Lipinski definition) is 2. The SMILES string of the molecule is CCCCCCCCCCCCSC(C(=O)O)c1cccc2ccccc12. The topological polar surface area (TPSA) is 37.3 Å². The number of carboxylic acid groups (broad SMARTS) is 1. The smallest absolute Gasteiger partial charge is 0.321 e. The van der Waals surface area contributed by atoms with Gasteiger partial charge in [0.05, 0.1) is 0 Å². The van der Waals surface area contributed by atoms with Gasteiger partial charge in [0, 0.05) is 0 Å². The Morgan fingerprint density at radius 1 is 0.852 bits per heavy atom. The van der Waals surface area contributed by atoms with Gasteiger partial charge in [-0.15, -0.1) is 11.8 Å². The quantitative estimate of drug-likeness (QED) is 0.339. The summed E-state index contributed by atoms with van der Waals surface area (Å²) < 4.78 is 0. The lowest BCUT2D eigenvalue weighted by Gasteiger charge is -2.15. The average Bonchev–Trinajstić information content (AvgIpc) is 2.68. The highest BCUT2D eigenvalue weighted by Gasteiger charge is 2.21. The van der Waals surface area contributed by atoms with Crippen molar-refractivity contribution < 1.29 is 9.90 Å². The molecule has 0 saturated carbocycles. The number of rotatable bonds is 14. The molecular formula is C24H34O2S. The first-order valence-electron chi connectivity index (χ1n) is 10.6. The Labute approximate surface area is 168 Å². The zero-order valence-corrected chi connectivity index (χ0v) is 17.5. The zero-order valence-electron chi connectivity index (χ0n) is 16.7. The molecule has 0 radical (unpaired) electrons. The maximum absolute atomic E-state index is 11.8. The van der Waals surface area contributed by atoms with Crippen LogP contribution in [0, 0.1) is 0 Å². The lowest BCUT2D eigenvalue weighted by molar-refractivity contribution is -0.136. The van der Waals surface area contributed by atoms with Gasteiger partial charge < -0.3 is 5.11 Å². The molecule has 3 heteroatoms. The largest absolute Gasteiger partial charge is 0.480 e. The van der Waals surface area contributed by atoms with Crippen molar-refractivity contribution in [3.63, 3.8) is 0 Å². The average molecular weight is 387 g/mol. The van der Waals surface area contributed by atoms with Crippen LogP contribution in [0.15, 0.2) is 42.5 Å². The van der Waals surface area contributed by atoms with Crippen molar-refractivity contribution in [3.05, 3.63) is 48.0 Å². The molecule has 0 spiro atoms. The summed E-state index contributed by atoms with van der Waals surface area (Å²) in [6.07, 6.45) is 13.1. The number of unbranched alkanes of at least 4 members (excludes halogenated alkanes) is 9. The Morgan fingerprint density at radius 2 is 1.44 bits per heavy atom. The summed E-state index contributed by atoms with van der Waals surface area (Å²) >= 11 is 1.58. The molecule has 0 saturated heterocycles. The van der Waals surface area contributed by atoms with Crippen LogP contribution in [0.5, 0.6) is 0 Å². The Bertz CT molecular complexity index is 678. The minimum Gasteiger partial charge on any atom is -0.480 e. The van der Waals surface area contributed by atoms with Crippen molar-refractivity contribution >= 4 is 28.5 Å². The van der Waals surface area contributed by atoms with Gasteiger partial charge in [-0.05, 0) is 28.5 Å². The second-order valence-corrected chi connectivity index (χ2v) is 8.55. The molecule has 0 aliphatic rings. The Balaban J connectivity index is 1.71. The molecular weight excluding hydrogens is 352 g/mol. The summed E-state index contributed by atoms with van der Waals surface area (Å²) in [6, 6.07) is 14.0. The minimum absolute atomic E-state index is 0.477. The van der Waals surface area contributed by atoms with E-state index in [0.717, 1.165) is 28.5 Å². The highest BCUT2D eigenvalue weighted by Crippen LogP contribution is 2.34. The van der Waals surface area contributed by atoms with Crippen molar-refractivity contribution in [3.8, 4) is 0 Å². The highest BCUT2D eigenvalue weighted by molar-refractivity contribution is 8.00. The predicted molar refractivity (Wildman–Crippen MR) is 119 cm³/mol. The molecule has 0 fully saturated rings. The third kappa shape index (κ3) is 7.57.